The van der Waals surface area contributed by atoms with Gasteiger partial charge in [-0.05, 0) is 32.2 Å². The SMILES string of the molecule is CCC(CSC)N(C)CC(C)=C1CNC1. The molecular formula is C12H24N2S. The highest BCUT2D eigenvalue weighted by Gasteiger charge is 2.15. The van der Waals surface area contributed by atoms with Gasteiger partial charge in [-0.1, -0.05) is 12.5 Å². The molecule has 1 fully saturated rings. The van der Waals surface area contributed by atoms with Gasteiger partial charge in [-0.2, -0.15) is 11.8 Å². The highest BCUT2D eigenvalue weighted by atomic mass is 32.2. The van der Waals surface area contributed by atoms with Crippen molar-refractivity contribution in [1.82, 2.24) is 10.2 Å². The highest BCUT2D eigenvalue weighted by Crippen LogP contribution is 2.14. The number of nitrogens with zero attached hydrogens (tertiary/aromatic N) is 1. The maximum absolute atomic E-state index is 3.30. The second kappa shape index (κ2) is 6.56. The van der Waals surface area contributed by atoms with E-state index in [0.29, 0.717) is 0 Å². The lowest BCUT2D eigenvalue weighted by Crippen LogP contribution is -2.39. The van der Waals surface area contributed by atoms with Crippen molar-refractivity contribution in [3.05, 3.63) is 11.1 Å². The Labute approximate surface area is 98.5 Å². The molecule has 0 aromatic rings. The Morgan fingerprint density at radius 3 is 2.60 bits per heavy atom. The van der Waals surface area contributed by atoms with Crippen molar-refractivity contribution in [2.75, 3.05) is 38.7 Å². The van der Waals surface area contributed by atoms with E-state index in [4.69, 9.17) is 0 Å². The Hall–Kier alpha value is 0.01000. The molecule has 0 aromatic heterocycles. The molecule has 0 saturated carbocycles. The Morgan fingerprint density at radius 1 is 1.53 bits per heavy atom. The number of thioether (sulfide) groups is 1. The van der Waals surface area contributed by atoms with Crippen LogP contribution in [-0.4, -0.2) is 49.6 Å². The minimum atomic E-state index is 0.726. The summed E-state index contributed by atoms with van der Waals surface area (Å²) in [5.74, 6) is 1.24. The van der Waals surface area contributed by atoms with E-state index in [2.05, 4.69) is 37.4 Å². The van der Waals surface area contributed by atoms with Crippen molar-refractivity contribution in [3.8, 4) is 0 Å². The zero-order chi connectivity index (χ0) is 11.3. The summed E-state index contributed by atoms with van der Waals surface area (Å²) >= 11 is 1.95. The lowest BCUT2D eigenvalue weighted by Gasteiger charge is -2.29. The molecule has 1 aliphatic heterocycles. The largest absolute Gasteiger partial charge is 0.309 e. The van der Waals surface area contributed by atoms with Crippen molar-refractivity contribution in [1.29, 1.82) is 0 Å². The van der Waals surface area contributed by atoms with E-state index in [1.807, 2.05) is 11.8 Å². The Bertz CT molecular complexity index is 220. The first-order valence-electron chi connectivity index (χ1n) is 5.76. The van der Waals surface area contributed by atoms with Gasteiger partial charge in [0.05, 0.1) is 0 Å². The Morgan fingerprint density at radius 2 is 2.20 bits per heavy atom. The predicted molar refractivity (Wildman–Crippen MR) is 70.7 cm³/mol. The van der Waals surface area contributed by atoms with Crippen LogP contribution in [0.4, 0.5) is 0 Å². The van der Waals surface area contributed by atoms with Crippen molar-refractivity contribution in [3.63, 3.8) is 0 Å². The summed E-state index contributed by atoms with van der Waals surface area (Å²) in [7, 11) is 2.25. The zero-order valence-electron chi connectivity index (χ0n) is 10.5. The van der Waals surface area contributed by atoms with Crippen molar-refractivity contribution in [2.45, 2.75) is 26.3 Å². The van der Waals surface area contributed by atoms with Gasteiger partial charge in [0.25, 0.3) is 0 Å². The molecule has 1 rings (SSSR count). The molecule has 2 nitrogen and oxygen atoms in total. The van der Waals surface area contributed by atoms with E-state index < -0.39 is 0 Å². The summed E-state index contributed by atoms with van der Waals surface area (Å²) in [6.07, 6.45) is 3.44. The minimum Gasteiger partial charge on any atom is -0.309 e. The summed E-state index contributed by atoms with van der Waals surface area (Å²) in [5, 5.41) is 3.30. The van der Waals surface area contributed by atoms with Gasteiger partial charge in [0.1, 0.15) is 0 Å². The molecule has 0 aliphatic carbocycles. The van der Waals surface area contributed by atoms with Crippen LogP contribution < -0.4 is 5.32 Å². The molecule has 0 aromatic carbocycles. The van der Waals surface area contributed by atoms with E-state index in [1.54, 1.807) is 11.1 Å². The van der Waals surface area contributed by atoms with Crippen LogP contribution in [0.25, 0.3) is 0 Å². The average molecular weight is 228 g/mol. The molecule has 0 radical (unpaired) electrons. The lowest BCUT2D eigenvalue weighted by atomic mass is 10.0. The molecule has 15 heavy (non-hydrogen) atoms. The van der Waals surface area contributed by atoms with Crippen molar-refractivity contribution >= 4 is 11.8 Å². The van der Waals surface area contributed by atoms with E-state index >= 15 is 0 Å². The second-order valence-electron chi connectivity index (χ2n) is 4.42. The fraction of sp³-hybridized carbons (Fsp3) is 0.833. The number of nitrogens with one attached hydrogen (secondary N) is 1. The molecule has 1 heterocycles. The van der Waals surface area contributed by atoms with Crippen LogP contribution in [0.5, 0.6) is 0 Å². The first-order chi connectivity index (χ1) is 7.19. The summed E-state index contributed by atoms with van der Waals surface area (Å²) in [6.45, 7) is 7.91. The van der Waals surface area contributed by atoms with E-state index in [0.717, 1.165) is 25.7 Å². The molecule has 0 spiro atoms. The van der Waals surface area contributed by atoms with E-state index in [1.165, 1.54) is 12.2 Å². The monoisotopic (exact) mass is 228 g/mol. The van der Waals surface area contributed by atoms with Gasteiger partial charge in [0, 0.05) is 31.4 Å². The standard InChI is InChI=1S/C12H24N2S/c1-5-12(9-15-4)14(3)8-10(2)11-6-13-7-11/h12-13H,5-9H2,1-4H3. The third kappa shape index (κ3) is 3.82. The molecule has 0 bridgehead atoms. The second-order valence-corrected chi connectivity index (χ2v) is 5.33. The van der Waals surface area contributed by atoms with Crippen LogP contribution in [0.1, 0.15) is 20.3 Å². The molecule has 1 unspecified atom stereocenters. The normalized spacial score (nSPS) is 17.8. The number of hydrogen-bond acceptors (Lipinski definition) is 3. The van der Waals surface area contributed by atoms with Crippen molar-refractivity contribution in [2.24, 2.45) is 0 Å². The Balaban J connectivity index is 2.41. The molecule has 1 saturated heterocycles. The third-order valence-corrected chi connectivity index (χ3v) is 3.94. The first kappa shape index (κ1) is 13.1. The fourth-order valence-corrected chi connectivity index (χ4v) is 2.79. The molecule has 88 valence electrons. The van der Waals surface area contributed by atoms with Crippen molar-refractivity contribution < 1.29 is 0 Å². The van der Waals surface area contributed by atoms with Crippen LogP contribution in [0.15, 0.2) is 11.1 Å². The van der Waals surface area contributed by atoms with Crippen LogP contribution in [-0.2, 0) is 0 Å². The van der Waals surface area contributed by atoms with Gasteiger partial charge in [0.15, 0.2) is 0 Å². The molecule has 0 amide bonds. The summed E-state index contributed by atoms with van der Waals surface area (Å²) in [4.78, 5) is 2.50. The smallest absolute Gasteiger partial charge is 0.0193 e. The summed E-state index contributed by atoms with van der Waals surface area (Å²) in [5.41, 5.74) is 3.18. The summed E-state index contributed by atoms with van der Waals surface area (Å²) in [6, 6.07) is 0.726. The average Bonchev–Trinajstić information content (AvgIpc) is 2.10. The molecular weight excluding hydrogens is 204 g/mol. The van der Waals surface area contributed by atoms with E-state index in [9.17, 15) is 0 Å². The fourth-order valence-electron chi connectivity index (χ4n) is 1.92. The van der Waals surface area contributed by atoms with Crippen LogP contribution in [0, 0.1) is 0 Å². The predicted octanol–water partition coefficient (Wildman–Crippen LogP) is 1.98. The van der Waals surface area contributed by atoms with Gasteiger partial charge in [-0.15, -0.1) is 0 Å². The maximum atomic E-state index is 3.30. The Kier molecular flexibility index (Phi) is 5.72. The molecule has 3 heteroatoms. The van der Waals surface area contributed by atoms with Crippen LogP contribution in [0.2, 0.25) is 0 Å². The van der Waals surface area contributed by atoms with Crippen LogP contribution in [0.3, 0.4) is 0 Å². The first-order valence-corrected chi connectivity index (χ1v) is 7.15. The topological polar surface area (TPSA) is 15.3 Å². The third-order valence-electron chi connectivity index (χ3n) is 3.22. The van der Waals surface area contributed by atoms with Gasteiger partial charge in [0.2, 0.25) is 0 Å². The number of likely N-dealkylation sites (N-methyl/N-ethyl adjacent to an activating group) is 1. The van der Waals surface area contributed by atoms with Gasteiger partial charge in [-0.3, -0.25) is 4.90 Å². The van der Waals surface area contributed by atoms with Gasteiger partial charge < -0.3 is 5.32 Å². The zero-order valence-corrected chi connectivity index (χ0v) is 11.3. The highest BCUT2D eigenvalue weighted by molar-refractivity contribution is 7.98. The van der Waals surface area contributed by atoms with Gasteiger partial charge in [-0.25, -0.2) is 0 Å². The maximum Gasteiger partial charge on any atom is 0.0193 e. The lowest BCUT2D eigenvalue weighted by molar-refractivity contribution is 0.275. The number of rotatable bonds is 6. The minimum absolute atomic E-state index is 0.726. The van der Waals surface area contributed by atoms with Crippen LogP contribution >= 0.6 is 11.8 Å². The summed E-state index contributed by atoms with van der Waals surface area (Å²) < 4.78 is 0. The quantitative estimate of drug-likeness (QED) is 0.700. The molecule has 1 aliphatic rings. The molecule has 1 N–H and O–H groups in total. The number of hydrogen-bond donors (Lipinski definition) is 1. The van der Waals surface area contributed by atoms with Gasteiger partial charge >= 0.3 is 0 Å². The van der Waals surface area contributed by atoms with E-state index in [-0.39, 0.29) is 0 Å². The molecule has 1 atom stereocenters.